The van der Waals surface area contributed by atoms with Gasteiger partial charge in [-0.15, -0.1) is 0 Å². The number of hydrogen-bond acceptors (Lipinski definition) is 8. The first kappa shape index (κ1) is 21.6. The van der Waals surface area contributed by atoms with E-state index in [9.17, 15) is 14.4 Å². The van der Waals surface area contributed by atoms with Crippen LogP contribution in [-0.2, 0) is 4.74 Å². The molecule has 0 aliphatic carbocycles. The summed E-state index contributed by atoms with van der Waals surface area (Å²) in [6, 6.07) is 9.45. The van der Waals surface area contributed by atoms with Gasteiger partial charge in [0.15, 0.2) is 11.5 Å². The topological polar surface area (TPSA) is 145 Å². The first-order valence-corrected chi connectivity index (χ1v) is 9.82. The molecule has 3 aromatic heterocycles. The van der Waals surface area contributed by atoms with Gasteiger partial charge in [-0.25, -0.2) is 24.1 Å². The number of carbonyl (C=O) groups is 1. The van der Waals surface area contributed by atoms with Crippen molar-refractivity contribution < 1.29 is 13.9 Å². The summed E-state index contributed by atoms with van der Waals surface area (Å²) in [6.07, 6.45) is 2.01. The number of fused-ring (bicyclic) bond motifs is 1. The molecule has 0 aliphatic rings. The molecule has 4 aromatic rings. The smallest absolute Gasteiger partial charge is 0.412 e. The number of pyridine rings is 1. The summed E-state index contributed by atoms with van der Waals surface area (Å²) in [5.41, 5.74) is 6.55. The Bertz CT molecular complexity index is 1420. The lowest BCUT2D eigenvalue weighted by Gasteiger charge is -2.19. The Labute approximate surface area is 187 Å². The van der Waals surface area contributed by atoms with Crippen LogP contribution < -0.4 is 11.1 Å². The summed E-state index contributed by atoms with van der Waals surface area (Å²) in [5.74, 6) is -0.322. The summed E-state index contributed by atoms with van der Waals surface area (Å²) in [4.78, 5) is 24.5. The average molecular weight is 446 g/mol. The third kappa shape index (κ3) is 4.27. The lowest BCUT2D eigenvalue weighted by molar-refractivity contribution is 0.0635. The van der Waals surface area contributed by atoms with Crippen LogP contribution in [0.4, 0.5) is 20.7 Å². The Morgan fingerprint density at radius 3 is 2.73 bits per heavy atom. The number of ether oxygens (including phenoxy) is 1. The molecule has 3 N–H and O–H groups in total. The molecule has 0 bridgehead atoms. The summed E-state index contributed by atoms with van der Waals surface area (Å²) < 4.78 is 21.4. The van der Waals surface area contributed by atoms with Crippen molar-refractivity contribution in [1.29, 1.82) is 5.26 Å². The van der Waals surface area contributed by atoms with Crippen LogP contribution in [0, 0.1) is 17.1 Å². The summed E-state index contributed by atoms with van der Waals surface area (Å²) in [7, 11) is 0. The molecule has 1 aromatic carbocycles. The van der Waals surface area contributed by atoms with Crippen molar-refractivity contribution in [3.63, 3.8) is 0 Å². The van der Waals surface area contributed by atoms with E-state index in [-0.39, 0.29) is 22.9 Å². The molecule has 166 valence electrons. The van der Waals surface area contributed by atoms with Crippen LogP contribution in [0.5, 0.6) is 0 Å². The second-order valence-corrected chi connectivity index (χ2v) is 8.03. The van der Waals surface area contributed by atoms with E-state index in [1.807, 2.05) is 0 Å². The molecule has 0 saturated heterocycles. The number of rotatable bonds is 3. The standard InChI is InChI=1S/C22H19FN8O2/c1-22(2,3)33-21(32)29-15-7-6-12(9-14(15)23)17-16-18(25)27-11-28-20(16)31(30-17)19-13(10-24)5-4-8-26-19/h4-9,11H,1-3H3,(H,29,32)(H2,25,27,28). The summed E-state index contributed by atoms with van der Waals surface area (Å²) >= 11 is 0. The summed E-state index contributed by atoms with van der Waals surface area (Å²) in [5, 5.41) is 16.7. The van der Waals surface area contributed by atoms with E-state index in [4.69, 9.17) is 10.5 Å². The molecule has 0 saturated carbocycles. The molecular weight excluding hydrogens is 427 g/mol. The molecule has 1 amide bonds. The number of nitriles is 1. The summed E-state index contributed by atoms with van der Waals surface area (Å²) in [6.45, 7) is 5.12. The van der Waals surface area contributed by atoms with Crippen LogP contribution in [0.15, 0.2) is 42.9 Å². The maximum Gasteiger partial charge on any atom is 0.412 e. The molecule has 0 aliphatic heterocycles. The zero-order valence-corrected chi connectivity index (χ0v) is 18.0. The van der Waals surface area contributed by atoms with Gasteiger partial charge >= 0.3 is 6.09 Å². The Hall–Kier alpha value is -4.59. The average Bonchev–Trinajstić information content (AvgIpc) is 3.14. The van der Waals surface area contributed by atoms with Crippen LogP contribution in [-0.4, -0.2) is 36.4 Å². The first-order valence-electron chi connectivity index (χ1n) is 9.82. The number of anilines is 2. The van der Waals surface area contributed by atoms with E-state index in [2.05, 4.69) is 31.4 Å². The van der Waals surface area contributed by atoms with Crippen molar-refractivity contribution in [3.8, 4) is 23.1 Å². The van der Waals surface area contributed by atoms with Crippen molar-refractivity contribution in [3.05, 3.63) is 54.2 Å². The third-order valence-corrected chi connectivity index (χ3v) is 4.48. The van der Waals surface area contributed by atoms with Gasteiger partial charge in [-0.3, -0.25) is 5.32 Å². The van der Waals surface area contributed by atoms with Gasteiger partial charge in [-0.05, 0) is 45.0 Å². The minimum atomic E-state index is -0.777. The quantitative estimate of drug-likeness (QED) is 0.483. The normalized spacial score (nSPS) is 11.2. The number of amides is 1. The van der Waals surface area contributed by atoms with Gasteiger partial charge in [0, 0.05) is 11.8 Å². The zero-order valence-electron chi connectivity index (χ0n) is 18.0. The van der Waals surface area contributed by atoms with Crippen molar-refractivity contribution >= 4 is 28.6 Å². The fraction of sp³-hybridized carbons (Fsp3) is 0.182. The van der Waals surface area contributed by atoms with Gasteiger partial charge in [0.05, 0.1) is 16.6 Å². The van der Waals surface area contributed by atoms with E-state index in [1.165, 1.54) is 29.3 Å². The number of aromatic nitrogens is 5. The highest BCUT2D eigenvalue weighted by Gasteiger charge is 2.22. The highest BCUT2D eigenvalue weighted by Crippen LogP contribution is 2.33. The van der Waals surface area contributed by atoms with E-state index in [0.717, 1.165) is 0 Å². The monoisotopic (exact) mass is 446 g/mol. The SMILES string of the molecule is CC(C)(C)OC(=O)Nc1ccc(-c2nn(-c3ncccc3C#N)c3ncnc(N)c23)cc1F. The molecule has 0 atom stereocenters. The number of carbonyl (C=O) groups excluding carboxylic acids is 1. The number of hydrogen-bond donors (Lipinski definition) is 2. The maximum absolute atomic E-state index is 14.9. The number of benzene rings is 1. The zero-order chi connectivity index (χ0) is 23.8. The molecule has 0 unspecified atom stereocenters. The molecule has 4 rings (SSSR count). The van der Waals surface area contributed by atoms with Crippen molar-refractivity contribution in [2.45, 2.75) is 26.4 Å². The van der Waals surface area contributed by atoms with Crippen molar-refractivity contribution in [1.82, 2.24) is 24.7 Å². The molecule has 11 heteroatoms. The number of nitrogens with zero attached hydrogens (tertiary/aromatic N) is 6. The molecule has 0 fully saturated rings. The Balaban J connectivity index is 1.80. The highest BCUT2D eigenvalue weighted by atomic mass is 19.1. The van der Waals surface area contributed by atoms with Gasteiger partial charge in [-0.2, -0.15) is 15.0 Å². The highest BCUT2D eigenvalue weighted by molar-refractivity contribution is 5.99. The Kier molecular flexibility index (Phi) is 5.35. The number of nitrogens with one attached hydrogen (secondary N) is 1. The second kappa shape index (κ2) is 8.16. The Morgan fingerprint density at radius 1 is 1.24 bits per heavy atom. The largest absolute Gasteiger partial charge is 0.444 e. The predicted molar refractivity (Wildman–Crippen MR) is 119 cm³/mol. The lowest BCUT2D eigenvalue weighted by atomic mass is 10.1. The van der Waals surface area contributed by atoms with Crippen molar-refractivity contribution in [2.24, 2.45) is 0 Å². The molecule has 0 spiro atoms. The van der Waals surface area contributed by atoms with Crippen LogP contribution in [0.1, 0.15) is 26.3 Å². The molecular formula is C22H19FN8O2. The van der Waals surface area contributed by atoms with Crippen molar-refractivity contribution in [2.75, 3.05) is 11.1 Å². The number of nitrogens with two attached hydrogens (primary N) is 1. The van der Waals surface area contributed by atoms with E-state index < -0.39 is 17.5 Å². The first-order chi connectivity index (χ1) is 15.7. The van der Waals surface area contributed by atoms with Gasteiger partial charge in [0.2, 0.25) is 0 Å². The van der Waals surface area contributed by atoms with Gasteiger partial charge in [-0.1, -0.05) is 6.07 Å². The minimum absolute atomic E-state index is 0.0579. The molecule has 0 radical (unpaired) electrons. The third-order valence-electron chi connectivity index (χ3n) is 4.48. The predicted octanol–water partition coefficient (Wildman–Crippen LogP) is 3.82. The van der Waals surface area contributed by atoms with Gasteiger partial charge in [0.25, 0.3) is 0 Å². The van der Waals surface area contributed by atoms with Gasteiger partial charge in [0.1, 0.15) is 35.3 Å². The van der Waals surface area contributed by atoms with Crippen LogP contribution in [0.25, 0.3) is 28.1 Å². The minimum Gasteiger partial charge on any atom is -0.444 e. The second-order valence-electron chi connectivity index (χ2n) is 8.03. The van der Waals surface area contributed by atoms with Crippen LogP contribution in [0.2, 0.25) is 0 Å². The van der Waals surface area contributed by atoms with Gasteiger partial charge < -0.3 is 10.5 Å². The van der Waals surface area contributed by atoms with E-state index >= 15 is 0 Å². The van der Waals surface area contributed by atoms with E-state index in [0.29, 0.717) is 22.3 Å². The molecule has 3 heterocycles. The van der Waals surface area contributed by atoms with Crippen LogP contribution >= 0.6 is 0 Å². The molecule has 33 heavy (non-hydrogen) atoms. The fourth-order valence-electron chi connectivity index (χ4n) is 3.15. The van der Waals surface area contributed by atoms with E-state index in [1.54, 1.807) is 39.0 Å². The van der Waals surface area contributed by atoms with Crippen LogP contribution in [0.3, 0.4) is 0 Å². The Morgan fingerprint density at radius 2 is 2.03 bits per heavy atom. The molecule has 10 nitrogen and oxygen atoms in total. The lowest BCUT2D eigenvalue weighted by Crippen LogP contribution is -2.27. The maximum atomic E-state index is 14.9. The number of halogens is 1. The number of nitrogen functional groups attached to an aromatic ring is 1. The fourth-order valence-corrected chi connectivity index (χ4v) is 3.15.